The van der Waals surface area contributed by atoms with Gasteiger partial charge in [-0.25, -0.2) is 0 Å². The normalized spacial score (nSPS) is 35.4. The van der Waals surface area contributed by atoms with Crippen LogP contribution in [0.3, 0.4) is 0 Å². The lowest BCUT2D eigenvalue weighted by Crippen LogP contribution is -2.43. The van der Waals surface area contributed by atoms with Gasteiger partial charge in [0.15, 0.2) is 0 Å². The maximum Gasteiger partial charge on any atom is 0.247 e. The molecule has 0 aromatic carbocycles. The highest BCUT2D eigenvalue weighted by atomic mass is 16.2. The summed E-state index contributed by atoms with van der Waals surface area (Å²) >= 11 is 0. The summed E-state index contributed by atoms with van der Waals surface area (Å²) in [6, 6.07) is 0.433. The molecule has 2 amide bonds. The molecular formula is C15H24N2O2. The molecule has 0 aromatic heterocycles. The highest BCUT2D eigenvalue weighted by Gasteiger charge is 2.46. The first-order valence-electron chi connectivity index (χ1n) is 7.82. The van der Waals surface area contributed by atoms with Gasteiger partial charge < -0.3 is 5.32 Å². The quantitative estimate of drug-likeness (QED) is 0.771. The van der Waals surface area contributed by atoms with Crippen LogP contribution < -0.4 is 5.32 Å². The Morgan fingerprint density at radius 3 is 2.68 bits per heavy atom. The van der Waals surface area contributed by atoms with Crippen LogP contribution in [0, 0.1) is 5.92 Å². The Morgan fingerprint density at radius 1 is 1.26 bits per heavy atom. The minimum absolute atomic E-state index is 0.0408. The van der Waals surface area contributed by atoms with Crippen molar-refractivity contribution in [3.05, 3.63) is 0 Å². The van der Waals surface area contributed by atoms with Gasteiger partial charge in [-0.15, -0.1) is 0 Å². The topological polar surface area (TPSA) is 49.4 Å². The number of imide groups is 1. The van der Waals surface area contributed by atoms with E-state index < -0.39 is 0 Å². The first-order valence-corrected chi connectivity index (χ1v) is 7.82. The molecule has 3 rings (SSSR count). The smallest absolute Gasteiger partial charge is 0.247 e. The molecule has 0 radical (unpaired) electrons. The summed E-state index contributed by atoms with van der Waals surface area (Å²) in [6.45, 7) is 2.20. The van der Waals surface area contributed by atoms with Gasteiger partial charge in [-0.05, 0) is 31.6 Å². The van der Waals surface area contributed by atoms with Gasteiger partial charge in [0.25, 0.3) is 0 Å². The minimum Gasteiger partial charge on any atom is -0.302 e. The number of nitrogens with zero attached hydrogens (tertiary/aromatic N) is 1. The lowest BCUT2D eigenvalue weighted by molar-refractivity contribution is -0.141. The predicted octanol–water partition coefficient (Wildman–Crippen LogP) is 1.83. The number of carbonyl (C=O) groups excluding carboxylic acids is 2. The second-order valence-corrected chi connectivity index (χ2v) is 6.35. The van der Waals surface area contributed by atoms with Crippen molar-refractivity contribution in [3.8, 4) is 0 Å². The Balaban J connectivity index is 1.56. The van der Waals surface area contributed by atoms with Crippen molar-refractivity contribution < 1.29 is 9.59 Å². The molecule has 3 fully saturated rings. The van der Waals surface area contributed by atoms with E-state index >= 15 is 0 Å². The average molecular weight is 264 g/mol. The molecule has 0 spiro atoms. The number of carbonyl (C=O) groups is 2. The van der Waals surface area contributed by atoms with E-state index in [1.807, 2.05) is 0 Å². The summed E-state index contributed by atoms with van der Waals surface area (Å²) in [4.78, 5) is 26.0. The predicted molar refractivity (Wildman–Crippen MR) is 72.5 cm³/mol. The van der Waals surface area contributed by atoms with E-state index in [-0.39, 0.29) is 23.9 Å². The van der Waals surface area contributed by atoms with Crippen LogP contribution in [0.25, 0.3) is 0 Å². The molecule has 1 heterocycles. The molecule has 19 heavy (non-hydrogen) atoms. The largest absolute Gasteiger partial charge is 0.302 e. The van der Waals surface area contributed by atoms with E-state index in [9.17, 15) is 9.59 Å². The van der Waals surface area contributed by atoms with Gasteiger partial charge in [-0.1, -0.05) is 26.2 Å². The van der Waals surface area contributed by atoms with Crippen molar-refractivity contribution in [2.75, 3.05) is 0 Å². The molecule has 4 nitrogen and oxygen atoms in total. The standard InChI is InChI=1S/C15H24N2O2/c1-2-5-10-8-12(10)16-13-9-14(18)17(15(13)19)11-6-3-4-7-11/h10-13,16H,2-9H2,1H3. The number of rotatable bonds is 5. The van der Waals surface area contributed by atoms with Crippen LogP contribution in [0.2, 0.25) is 0 Å². The van der Waals surface area contributed by atoms with Crippen molar-refractivity contribution in [2.24, 2.45) is 5.92 Å². The van der Waals surface area contributed by atoms with E-state index in [0.29, 0.717) is 12.5 Å². The molecule has 106 valence electrons. The summed E-state index contributed by atoms with van der Waals surface area (Å²) in [5.41, 5.74) is 0. The van der Waals surface area contributed by atoms with E-state index in [1.165, 1.54) is 19.3 Å². The van der Waals surface area contributed by atoms with Gasteiger partial charge in [-0.2, -0.15) is 0 Å². The van der Waals surface area contributed by atoms with E-state index in [1.54, 1.807) is 4.90 Å². The first kappa shape index (κ1) is 13.1. The third-order valence-corrected chi connectivity index (χ3v) is 4.87. The Bertz CT molecular complexity index is 376. The van der Waals surface area contributed by atoms with Crippen molar-refractivity contribution in [1.29, 1.82) is 0 Å². The lowest BCUT2D eigenvalue weighted by Gasteiger charge is -2.22. The van der Waals surface area contributed by atoms with Gasteiger partial charge in [0, 0.05) is 12.1 Å². The van der Waals surface area contributed by atoms with Gasteiger partial charge in [0.2, 0.25) is 11.8 Å². The molecule has 3 unspecified atom stereocenters. The average Bonchev–Trinajstić information content (AvgIpc) is 2.79. The Kier molecular flexibility index (Phi) is 3.61. The number of likely N-dealkylation sites (tertiary alicyclic amines) is 1. The van der Waals surface area contributed by atoms with Crippen molar-refractivity contribution in [1.82, 2.24) is 10.2 Å². The van der Waals surface area contributed by atoms with Crippen LogP contribution in [0.1, 0.15) is 58.3 Å². The zero-order valence-electron chi connectivity index (χ0n) is 11.7. The minimum atomic E-state index is -0.236. The monoisotopic (exact) mass is 264 g/mol. The van der Waals surface area contributed by atoms with Gasteiger partial charge in [-0.3, -0.25) is 14.5 Å². The van der Waals surface area contributed by atoms with Crippen molar-refractivity contribution in [2.45, 2.75) is 76.4 Å². The van der Waals surface area contributed by atoms with Gasteiger partial charge in [0.1, 0.15) is 0 Å². The fraction of sp³-hybridized carbons (Fsp3) is 0.867. The van der Waals surface area contributed by atoms with Crippen LogP contribution in [-0.2, 0) is 9.59 Å². The number of hydrogen-bond donors (Lipinski definition) is 1. The zero-order chi connectivity index (χ0) is 13.4. The SMILES string of the molecule is CCCC1CC1NC1CC(=O)N(C2CCCC2)C1=O. The second-order valence-electron chi connectivity index (χ2n) is 6.35. The fourth-order valence-electron chi connectivity index (χ4n) is 3.73. The van der Waals surface area contributed by atoms with Crippen molar-refractivity contribution in [3.63, 3.8) is 0 Å². The first-order chi connectivity index (χ1) is 9.20. The second kappa shape index (κ2) is 5.23. The Labute approximate surface area is 114 Å². The lowest BCUT2D eigenvalue weighted by atomic mass is 10.2. The number of amides is 2. The van der Waals surface area contributed by atoms with Crippen LogP contribution >= 0.6 is 0 Å². The Hall–Kier alpha value is -0.900. The number of hydrogen-bond acceptors (Lipinski definition) is 3. The Morgan fingerprint density at radius 2 is 2.00 bits per heavy atom. The van der Waals surface area contributed by atoms with Gasteiger partial charge in [0.05, 0.1) is 12.5 Å². The van der Waals surface area contributed by atoms with E-state index in [2.05, 4.69) is 12.2 Å². The molecule has 2 aliphatic carbocycles. The maximum atomic E-state index is 12.4. The maximum absolute atomic E-state index is 12.4. The highest BCUT2D eigenvalue weighted by Crippen LogP contribution is 2.36. The van der Waals surface area contributed by atoms with E-state index in [4.69, 9.17) is 0 Å². The zero-order valence-corrected chi connectivity index (χ0v) is 11.7. The summed E-state index contributed by atoms with van der Waals surface area (Å²) < 4.78 is 0. The van der Waals surface area contributed by atoms with Crippen molar-refractivity contribution >= 4 is 11.8 Å². The molecule has 0 bridgehead atoms. The van der Waals surface area contributed by atoms with Crippen LogP contribution in [-0.4, -0.2) is 34.8 Å². The third-order valence-electron chi connectivity index (χ3n) is 4.87. The molecule has 1 saturated heterocycles. The van der Waals surface area contributed by atoms with Crippen LogP contribution in [0.5, 0.6) is 0 Å². The van der Waals surface area contributed by atoms with Crippen LogP contribution in [0.4, 0.5) is 0 Å². The molecule has 0 aromatic rings. The summed E-state index contributed by atoms with van der Waals surface area (Å²) in [5.74, 6) is 0.814. The molecule has 3 atom stereocenters. The summed E-state index contributed by atoms with van der Waals surface area (Å²) in [6.07, 6.45) is 8.31. The molecular weight excluding hydrogens is 240 g/mol. The summed E-state index contributed by atoms with van der Waals surface area (Å²) in [7, 11) is 0. The van der Waals surface area contributed by atoms with Gasteiger partial charge >= 0.3 is 0 Å². The number of nitrogens with one attached hydrogen (secondary N) is 1. The third kappa shape index (κ3) is 2.55. The molecule has 4 heteroatoms. The molecule has 1 aliphatic heterocycles. The molecule has 1 N–H and O–H groups in total. The highest BCUT2D eigenvalue weighted by molar-refractivity contribution is 6.05. The molecule has 3 aliphatic rings. The fourth-order valence-corrected chi connectivity index (χ4v) is 3.73. The van der Waals surface area contributed by atoms with Crippen LogP contribution in [0.15, 0.2) is 0 Å². The van der Waals surface area contributed by atoms with E-state index in [0.717, 1.165) is 31.6 Å². The summed E-state index contributed by atoms with van der Waals surface area (Å²) in [5, 5.41) is 3.41. The molecule has 2 saturated carbocycles.